The Labute approximate surface area is 98.0 Å². The summed E-state index contributed by atoms with van der Waals surface area (Å²) in [7, 11) is -4.03. The van der Waals surface area contributed by atoms with Crippen molar-refractivity contribution in [3.63, 3.8) is 0 Å². The highest BCUT2D eigenvalue weighted by Crippen LogP contribution is 2.29. The normalized spacial score (nSPS) is 12.1. The molecule has 5 nitrogen and oxygen atoms in total. The van der Waals surface area contributed by atoms with Gasteiger partial charge in [-0.2, -0.15) is 0 Å². The van der Waals surface area contributed by atoms with Crippen molar-refractivity contribution in [1.82, 2.24) is 4.98 Å². The van der Waals surface area contributed by atoms with Gasteiger partial charge in [-0.05, 0) is 22.6 Å². The van der Waals surface area contributed by atoms with Gasteiger partial charge in [0.05, 0.1) is 5.56 Å². The molecule has 1 aromatic rings. The highest BCUT2D eigenvalue weighted by Gasteiger charge is 2.21. The molecule has 0 fully saturated rings. The number of primary sulfonamides is 1. The minimum Gasteiger partial charge on any atom is -0.398 e. The van der Waals surface area contributed by atoms with Crippen LogP contribution in [0.15, 0.2) is 11.1 Å². The molecule has 0 aromatic carbocycles. The maximum Gasteiger partial charge on any atom is 0.268 e. The molecule has 4 N–H and O–H groups in total. The third-order valence-corrected chi connectivity index (χ3v) is 3.14. The van der Waals surface area contributed by atoms with Gasteiger partial charge in [0.15, 0.2) is 5.03 Å². The summed E-state index contributed by atoms with van der Waals surface area (Å²) in [6.45, 7) is 0. The molecule has 0 bridgehead atoms. The van der Waals surface area contributed by atoms with Crippen molar-refractivity contribution >= 4 is 38.3 Å². The standard InChI is InChI=1S/C6H6F2IN3O2S/c7-5(8)4-2(10)1-3(12-6(4)9)15(11,13)14/h1,5H,(H2,10,12)(H2,11,13,14). The first-order chi connectivity index (χ1) is 6.73. The molecule has 0 spiro atoms. The highest BCUT2D eigenvalue weighted by atomic mass is 127. The van der Waals surface area contributed by atoms with Gasteiger partial charge in [-0.3, -0.25) is 0 Å². The summed E-state index contributed by atoms with van der Waals surface area (Å²) in [5.41, 5.74) is 4.45. The summed E-state index contributed by atoms with van der Waals surface area (Å²) in [6, 6.07) is 0.818. The number of aromatic nitrogens is 1. The Bertz CT molecular complexity index is 468. The predicted octanol–water partition coefficient (Wildman–Crippen LogP) is 0.853. The highest BCUT2D eigenvalue weighted by molar-refractivity contribution is 14.1. The Morgan fingerprint density at radius 1 is 1.47 bits per heavy atom. The molecule has 84 valence electrons. The second-order valence-corrected chi connectivity index (χ2v) is 5.13. The topological polar surface area (TPSA) is 99.1 Å². The zero-order valence-corrected chi connectivity index (χ0v) is 10.1. The van der Waals surface area contributed by atoms with Gasteiger partial charge < -0.3 is 5.73 Å². The van der Waals surface area contributed by atoms with Crippen LogP contribution in [0.3, 0.4) is 0 Å². The van der Waals surface area contributed by atoms with Crippen molar-refractivity contribution < 1.29 is 17.2 Å². The number of hydrogen-bond acceptors (Lipinski definition) is 4. The number of rotatable bonds is 2. The molecule has 15 heavy (non-hydrogen) atoms. The molecule has 0 radical (unpaired) electrons. The molecule has 0 aliphatic carbocycles. The molecular weight excluding hydrogens is 343 g/mol. The first-order valence-electron chi connectivity index (χ1n) is 3.50. The van der Waals surface area contributed by atoms with E-state index in [0.717, 1.165) is 6.07 Å². The van der Waals surface area contributed by atoms with E-state index in [2.05, 4.69) is 4.98 Å². The van der Waals surface area contributed by atoms with Gasteiger partial charge >= 0.3 is 0 Å². The number of halogens is 3. The van der Waals surface area contributed by atoms with Crippen LogP contribution >= 0.6 is 22.6 Å². The van der Waals surface area contributed by atoms with Gasteiger partial charge in [0.1, 0.15) is 3.70 Å². The molecule has 0 saturated heterocycles. The van der Waals surface area contributed by atoms with Crippen LogP contribution in [-0.4, -0.2) is 13.4 Å². The predicted molar refractivity (Wildman–Crippen MR) is 57.7 cm³/mol. The van der Waals surface area contributed by atoms with E-state index in [4.69, 9.17) is 10.9 Å². The van der Waals surface area contributed by atoms with E-state index in [-0.39, 0.29) is 9.39 Å². The summed E-state index contributed by atoms with van der Waals surface area (Å²) in [5, 5.41) is 4.26. The van der Waals surface area contributed by atoms with E-state index in [1.54, 1.807) is 0 Å². The monoisotopic (exact) mass is 349 g/mol. The zero-order valence-electron chi connectivity index (χ0n) is 7.12. The SMILES string of the molecule is Nc1cc(S(N)(=O)=O)nc(I)c1C(F)F. The molecule has 0 unspecified atom stereocenters. The molecule has 0 amide bonds. The van der Waals surface area contributed by atoms with Crippen molar-refractivity contribution in [3.8, 4) is 0 Å². The van der Waals surface area contributed by atoms with E-state index >= 15 is 0 Å². The van der Waals surface area contributed by atoms with Gasteiger partial charge in [-0.25, -0.2) is 27.3 Å². The quantitative estimate of drug-likeness (QED) is 0.611. The second-order valence-electron chi connectivity index (χ2n) is 2.60. The maximum atomic E-state index is 12.4. The number of sulfonamides is 1. The fraction of sp³-hybridized carbons (Fsp3) is 0.167. The fourth-order valence-corrected chi connectivity index (χ4v) is 2.36. The number of nitrogens with two attached hydrogens (primary N) is 2. The molecular formula is C6H6F2IN3O2S. The van der Waals surface area contributed by atoms with Crippen LogP contribution in [0.5, 0.6) is 0 Å². The van der Waals surface area contributed by atoms with Crippen LogP contribution in [0.2, 0.25) is 0 Å². The fourth-order valence-electron chi connectivity index (χ4n) is 0.881. The average molecular weight is 349 g/mol. The molecule has 1 aromatic heterocycles. The molecule has 0 atom stereocenters. The largest absolute Gasteiger partial charge is 0.398 e. The maximum absolute atomic E-state index is 12.4. The Morgan fingerprint density at radius 3 is 2.33 bits per heavy atom. The Kier molecular flexibility index (Phi) is 3.45. The third-order valence-electron chi connectivity index (χ3n) is 1.53. The van der Waals surface area contributed by atoms with Crippen LogP contribution in [0, 0.1) is 3.70 Å². The Hall–Kier alpha value is -0.550. The third kappa shape index (κ3) is 2.72. The molecule has 0 saturated carbocycles. The summed E-state index contributed by atoms with van der Waals surface area (Å²) in [4.78, 5) is 3.44. The lowest BCUT2D eigenvalue weighted by Crippen LogP contribution is -2.16. The van der Waals surface area contributed by atoms with Crippen LogP contribution in [-0.2, 0) is 10.0 Å². The number of nitrogens with zero attached hydrogens (tertiary/aromatic N) is 1. The number of alkyl halides is 2. The average Bonchev–Trinajstić information content (AvgIpc) is 1.99. The van der Waals surface area contributed by atoms with Gasteiger partial charge in [-0.15, -0.1) is 0 Å². The molecule has 0 aliphatic heterocycles. The van der Waals surface area contributed by atoms with Gasteiger partial charge in [0.2, 0.25) is 0 Å². The van der Waals surface area contributed by atoms with Gasteiger partial charge in [0.25, 0.3) is 16.4 Å². The van der Waals surface area contributed by atoms with E-state index in [9.17, 15) is 17.2 Å². The lowest BCUT2D eigenvalue weighted by Gasteiger charge is -2.08. The second kappa shape index (κ2) is 4.14. The van der Waals surface area contributed by atoms with Crippen LogP contribution in [0.4, 0.5) is 14.5 Å². The lowest BCUT2D eigenvalue weighted by atomic mass is 10.2. The molecule has 0 aliphatic rings. The van der Waals surface area contributed by atoms with Crippen molar-refractivity contribution in [2.45, 2.75) is 11.5 Å². The Balaban J connectivity index is 3.45. The number of anilines is 1. The minimum atomic E-state index is -4.03. The summed E-state index contributed by atoms with van der Waals surface area (Å²) < 4.78 is 46.4. The first kappa shape index (κ1) is 12.5. The first-order valence-corrected chi connectivity index (χ1v) is 6.13. The van der Waals surface area contributed by atoms with Crippen molar-refractivity contribution in [1.29, 1.82) is 0 Å². The van der Waals surface area contributed by atoms with E-state index < -0.39 is 27.0 Å². The zero-order chi connectivity index (χ0) is 11.8. The van der Waals surface area contributed by atoms with Crippen LogP contribution in [0.1, 0.15) is 12.0 Å². The molecule has 9 heteroatoms. The summed E-state index contributed by atoms with van der Waals surface area (Å²) >= 11 is 1.48. The smallest absolute Gasteiger partial charge is 0.268 e. The Morgan fingerprint density at radius 2 is 2.00 bits per heavy atom. The summed E-state index contributed by atoms with van der Waals surface area (Å²) in [5.74, 6) is 0. The van der Waals surface area contributed by atoms with E-state index in [1.807, 2.05) is 0 Å². The van der Waals surface area contributed by atoms with Crippen LogP contribution in [0.25, 0.3) is 0 Å². The lowest BCUT2D eigenvalue weighted by molar-refractivity contribution is 0.150. The van der Waals surface area contributed by atoms with Gasteiger partial charge in [0, 0.05) is 11.8 Å². The number of hydrogen-bond donors (Lipinski definition) is 2. The molecule has 1 heterocycles. The number of pyridine rings is 1. The van der Waals surface area contributed by atoms with Crippen molar-refractivity contribution in [3.05, 3.63) is 15.3 Å². The minimum absolute atomic E-state index is 0.174. The van der Waals surface area contributed by atoms with Crippen molar-refractivity contribution in [2.75, 3.05) is 5.73 Å². The summed E-state index contributed by atoms with van der Waals surface area (Å²) in [6.07, 6.45) is -2.81. The molecule has 1 rings (SSSR count). The van der Waals surface area contributed by atoms with Gasteiger partial charge in [-0.1, -0.05) is 0 Å². The van der Waals surface area contributed by atoms with E-state index in [0.29, 0.717) is 0 Å². The van der Waals surface area contributed by atoms with Crippen LogP contribution < -0.4 is 10.9 Å². The van der Waals surface area contributed by atoms with Crippen molar-refractivity contribution in [2.24, 2.45) is 5.14 Å². The number of nitrogen functional groups attached to an aromatic ring is 1. The van der Waals surface area contributed by atoms with E-state index in [1.165, 1.54) is 22.6 Å².